The van der Waals surface area contributed by atoms with Gasteiger partial charge in [0, 0.05) is 58.1 Å². The molecule has 0 spiro atoms. The van der Waals surface area contributed by atoms with Gasteiger partial charge in [0.15, 0.2) is 0 Å². The van der Waals surface area contributed by atoms with Gasteiger partial charge in [-0.15, -0.1) is 0 Å². The molecule has 1 aliphatic heterocycles. The highest BCUT2D eigenvalue weighted by Crippen LogP contribution is 2.25. The predicted octanol–water partition coefficient (Wildman–Crippen LogP) is 2.62. The molecule has 3 rings (SSSR count). The Hall–Kier alpha value is -2.44. The van der Waals surface area contributed by atoms with E-state index in [1.807, 2.05) is 36.4 Å². The molecule has 1 saturated heterocycles. The van der Waals surface area contributed by atoms with Gasteiger partial charge in [0.25, 0.3) is 5.91 Å². The molecule has 6 nitrogen and oxygen atoms in total. The summed E-state index contributed by atoms with van der Waals surface area (Å²) in [6.07, 6.45) is 3.35. The number of carbonyl (C=O) groups is 1. The van der Waals surface area contributed by atoms with Crippen molar-refractivity contribution in [3.63, 3.8) is 0 Å². The van der Waals surface area contributed by atoms with Crippen LogP contribution >= 0.6 is 0 Å². The monoisotopic (exact) mass is 355 g/mol. The summed E-state index contributed by atoms with van der Waals surface area (Å²) >= 11 is 0. The Morgan fingerprint density at radius 1 is 1.23 bits per heavy atom. The molecule has 0 bridgehead atoms. The van der Waals surface area contributed by atoms with E-state index in [-0.39, 0.29) is 11.5 Å². The van der Waals surface area contributed by atoms with Gasteiger partial charge in [-0.25, -0.2) is 0 Å². The van der Waals surface area contributed by atoms with Crippen LogP contribution in [0.5, 0.6) is 0 Å². The largest absolute Gasteiger partial charge is 0.382 e. The number of ether oxygens (including phenoxy) is 2. The maximum Gasteiger partial charge on any atom is 0.270 e. The third-order valence-electron chi connectivity index (χ3n) is 4.74. The highest BCUT2D eigenvalue weighted by Gasteiger charge is 2.32. The highest BCUT2D eigenvalue weighted by molar-refractivity contribution is 5.93. The summed E-state index contributed by atoms with van der Waals surface area (Å²) in [7, 11) is 1.74. The van der Waals surface area contributed by atoms with E-state index < -0.39 is 0 Å². The van der Waals surface area contributed by atoms with Gasteiger partial charge in [0.05, 0.1) is 5.60 Å². The first kappa shape index (κ1) is 18.4. The van der Waals surface area contributed by atoms with Crippen molar-refractivity contribution in [3.8, 4) is 0 Å². The Balaban J connectivity index is 1.58. The van der Waals surface area contributed by atoms with Crippen LogP contribution in [0.25, 0.3) is 0 Å². The Morgan fingerprint density at radius 2 is 2.00 bits per heavy atom. The fraction of sp³-hybridized carbons (Fsp3) is 0.400. The number of nitrogens with zero attached hydrogens (tertiary/aromatic N) is 1. The molecule has 0 aliphatic carbocycles. The zero-order valence-corrected chi connectivity index (χ0v) is 15.0. The maximum absolute atomic E-state index is 12.4. The molecule has 2 aromatic rings. The average Bonchev–Trinajstić information content (AvgIpc) is 2.72. The molecule has 0 unspecified atom stereocenters. The number of carbonyl (C=O) groups excluding carboxylic acids is 1. The molecular formula is C20H25N3O3. The molecule has 1 amide bonds. The number of amides is 1. The van der Waals surface area contributed by atoms with E-state index in [9.17, 15) is 4.79 Å². The molecular weight excluding hydrogens is 330 g/mol. The molecule has 1 aromatic carbocycles. The minimum Gasteiger partial charge on any atom is -0.382 e. The van der Waals surface area contributed by atoms with E-state index in [2.05, 4.69) is 15.6 Å². The molecule has 0 saturated carbocycles. The summed E-state index contributed by atoms with van der Waals surface area (Å²) in [5.74, 6) is -0.190. The van der Waals surface area contributed by atoms with Crippen LogP contribution in [0.2, 0.25) is 0 Å². The van der Waals surface area contributed by atoms with E-state index in [0.717, 1.165) is 24.1 Å². The predicted molar refractivity (Wildman–Crippen MR) is 100 cm³/mol. The Labute approximate surface area is 153 Å². The van der Waals surface area contributed by atoms with E-state index in [1.165, 1.54) is 0 Å². The second kappa shape index (κ2) is 8.78. The fourth-order valence-electron chi connectivity index (χ4n) is 2.99. The van der Waals surface area contributed by atoms with Gasteiger partial charge in [-0.2, -0.15) is 0 Å². The van der Waals surface area contributed by atoms with Crippen LogP contribution in [0.3, 0.4) is 0 Å². The van der Waals surface area contributed by atoms with E-state index in [0.29, 0.717) is 32.0 Å². The molecule has 26 heavy (non-hydrogen) atoms. The number of benzene rings is 1. The SMILES string of the molecule is COC1(CNc2ccnc(C(=O)NCc3ccccc3)c2)CCOCC1. The number of rotatable bonds is 7. The van der Waals surface area contributed by atoms with E-state index in [1.54, 1.807) is 19.4 Å². The summed E-state index contributed by atoms with van der Waals surface area (Å²) in [6, 6.07) is 13.4. The molecule has 6 heteroatoms. The van der Waals surface area contributed by atoms with Crippen molar-refractivity contribution in [1.82, 2.24) is 10.3 Å². The van der Waals surface area contributed by atoms with Crippen LogP contribution < -0.4 is 10.6 Å². The third kappa shape index (κ3) is 4.80. The first-order chi connectivity index (χ1) is 12.7. The van der Waals surface area contributed by atoms with Crippen molar-refractivity contribution < 1.29 is 14.3 Å². The number of aromatic nitrogens is 1. The minimum atomic E-state index is -0.225. The van der Waals surface area contributed by atoms with Crippen molar-refractivity contribution in [2.24, 2.45) is 0 Å². The van der Waals surface area contributed by atoms with E-state index in [4.69, 9.17) is 9.47 Å². The van der Waals surface area contributed by atoms with Crippen molar-refractivity contribution >= 4 is 11.6 Å². The summed E-state index contributed by atoms with van der Waals surface area (Å²) in [5.41, 5.74) is 2.07. The Morgan fingerprint density at radius 3 is 2.73 bits per heavy atom. The molecule has 1 aliphatic rings. The number of methoxy groups -OCH3 is 1. The molecule has 0 atom stereocenters. The first-order valence-electron chi connectivity index (χ1n) is 8.86. The average molecular weight is 355 g/mol. The summed E-state index contributed by atoms with van der Waals surface area (Å²) < 4.78 is 11.2. The van der Waals surface area contributed by atoms with Crippen LogP contribution in [0.1, 0.15) is 28.9 Å². The van der Waals surface area contributed by atoms with Gasteiger partial charge in [-0.3, -0.25) is 9.78 Å². The minimum absolute atomic E-state index is 0.190. The zero-order chi connectivity index (χ0) is 18.2. The molecule has 1 aromatic heterocycles. The lowest BCUT2D eigenvalue weighted by atomic mass is 9.94. The van der Waals surface area contributed by atoms with Gasteiger partial charge in [-0.05, 0) is 17.7 Å². The number of hydrogen-bond donors (Lipinski definition) is 2. The second-order valence-corrected chi connectivity index (χ2v) is 6.45. The van der Waals surface area contributed by atoms with Gasteiger partial charge in [0.1, 0.15) is 5.69 Å². The quantitative estimate of drug-likeness (QED) is 0.799. The van der Waals surface area contributed by atoms with Crippen molar-refractivity contribution in [2.45, 2.75) is 25.0 Å². The van der Waals surface area contributed by atoms with Gasteiger partial charge >= 0.3 is 0 Å². The summed E-state index contributed by atoms with van der Waals surface area (Å²) in [6.45, 7) is 2.56. The molecule has 2 heterocycles. The van der Waals surface area contributed by atoms with Gasteiger partial charge in [-0.1, -0.05) is 30.3 Å². The van der Waals surface area contributed by atoms with Crippen LogP contribution in [-0.4, -0.2) is 43.4 Å². The highest BCUT2D eigenvalue weighted by atomic mass is 16.5. The van der Waals surface area contributed by atoms with Crippen LogP contribution in [-0.2, 0) is 16.0 Å². The third-order valence-corrected chi connectivity index (χ3v) is 4.74. The summed E-state index contributed by atoms with van der Waals surface area (Å²) in [4.78, 5) is 16.5. The Bertz CT molecular complexity index is 715. The topological polar surface area (TPSA) is 72.5 Å². The van der Waals surface area contributed by atoms with E-state index >= 15 is 0 Å². The standard InChI is InChI=1S/C20H25N3O3/c1-25-20(8-11-26-12-9-20)15-23-17-7-10-21-18(13-17)19(24)22-14-16-5-3-2-4-6-16/h2-7,10,13H,8-9,11-12,14-15H2,1H3,(H,21,23)(H,22,24). The van der Waals surface area contributed by atoms with Crippen molar-refractivity contribution in [3.05, 3.63) is 59.9 Å². The lowest BCUT2D eigenvalue weighted by Gasteiger charge is -2.36. The fourth-order valence-corrected chi connectivity index (χ4v) is 2.99. The molecule has 0 radical (unpaired) electrons. The van der Waals surface area contributed by atoms with Gasteiger partial charge < -0.3 is 20.1 Å². The number of anilines is 1. The number of hydrogen-bond acceptors (Lipinski definition) is 5. The van der Waals surface area contributed by atoms with Crippen LogP contribution in [0.15, 0.2) is 48.7 Å². The van der Waals surface area contributed by atoms with Crippen molar-refractivity contribution in [2.75, 3.05) is 32.2 Å². The smallest absolute Gasteiger partial charge is 0.270 e. The lowest BCUT2D eigenvalue weighted by Crippen LogP contribution is -2.44. The normalized spacial score (nSPS) is 16.0. The summed E-state index contributed by atoms with van der Waals surface area (Å²) in [5, 5.41) is 6.27. The molecule has 138 valence electrons. The van der Waals surface area contributed by atoms with Crippen LogP contribution in [0.4, 0.5) is 5.69 Å². The second-order valence-electron chi connectivity index (χ2n) is 6.45. The van der Waals surface area contributed by atoms with Gasteiger partial charge in [0.2, 0.25) is 0 Å². The van der Waals surface area contributed by atoms with Crippen molar-refractivity contribution in [1.29, 1.82) is 0 Å². The first-order valence-corrected chi connectivity index (χ1v) is 8.86. The molecule has 1 fully saturated rings. The number of nitrogens with one attached hydrogen (secondary N) is 2. The zero-order valence-electron chi connectivity index (χ0n) is 15.0. The Kier molecular flexibility index (Phi) is 6.20. The maximum atomic E-state index is 12.4. The lowest BCUT2D eigenvalue weighted by molar-refractivity contribution is -0.0807. The van der Waals surface area contributed by atoms with Crippen LogP contribution in [0, 0.1) is 0 Å². The number of pyridine rings is 1. The molecule has 2 N–H and O–H groups in total.